The summed E-state index contributed by atoms with van der Waals surface area (Å²) in [5.74, 6) is -0.449. The molecule has 1 rings (SSSR count). The molecule has 0 saturated heterocycles. The van der Waals surface area contributed by atoms with Gasteiger partial charge in [0.15, 0.2) is 0 Å². The summed E-state index contributed by atoms with van der Waals surface area (Å²) in [6.45, 7) is 0. The smallest absolute Gasteiger partial charge is 0.389 e. The van der Waals surface area contributed by atoms with E-state index in [1.54, 1.807) is 0 Å². The van der Waals surface area contributed by atoms with Gasteiger partial charge in [0.25, 0.3) is 0 Å². The van der Waals surface area contributed by atoms with Crippen LogP contribution in [0.2, 0.25) is 0 Å². The van der Waals surface area contributed by atoms with Crippen molar-refractivity contribution in [3.05, 3.63) is 23.8 Å². The second-order valence-corrected chi connectivity index (χ2v) is 3.54. The molecule has 0 saturated carbocycles. The average Bonchev–Trinajstić information content (AvgIpc) is 2.11. The number of hydrogen-bond donors (Lipinski definition) is 3. The van der Waals surface area contributed by atoms with Crippen molar-refractivity contribution < 1.29 is 23.4 Å². The van der Waals surface area contributed by atoms with Gasteiger partial charge in [-0.05, 0) is 24.1 Å². The first kappa shape index (κ1) is 12.6. The summed E-state index contributed by atoms with van der Waals surface area (Å²) in [7, 11) is 0. The van der Waals surface area contributed by atoms with E-state index in [1.807, 2.05) is 0 Å². The summed E-state index contributed by atoms with van der Waals surface area (Å²) in [6, 6.07) is 2.70. The fraction of sp³-hybridized carbons (Fsp3) is 0.400. The van der Waals surface area contributed by atoms with Gasteiger partial charge in [-0.3, -0.25) is 0 Å². The highest BCUT2D eigenvalue weighted by molar-refractivity contribution is 5.37. The summed E-state index contributed by atoms with van der Waals surface area (Å²) in [5, 5.41) is 18.3. The molecule has 1 atom stereocenters. The van der Waals surface area contributed by atoms with Crippen LogP contribution in [0.5, 0.6) is 11.5 Å². The Morgan fingerprint density at radius 2 is 1.62 bits per heavy atom. The Morgan fingerprint density at radius 1 is 1.12 bits per heavy atom. The maximum atomic E-state index is 11.9. The maximum Gasteiger partial charge on any atom is 0.389 e. The van der Waals surface area contributed by atoms with E-state index in [9.17, 15) is 13.2 Å². The van der Waals surface area contributed by atoms with Gasteiger partial charge < -0.3 is 15.9 Å². The third-order valence-electron chi connectivity index (χ3n) is 2.09. The first-order valence-corrected chi connectivity index (χ1v) is 4.63. The normalized spacial score (nSPS) is 13.8. The van der Waals surface area contributed by atoms with Crippen LogP contribution in [0.1, 0.15) is 24.4 Å². The van der Waals surface area contributed by atoms with Crippen LogP contribution in [-0.4, -0.2) is 16.4 Å². The molecule has 3 nitrogen and oxygen atoms in total. The minimum Gasteiger partial charge on any atom is -0.508 e. The van der Waals surface area contributed by atoms with Crippen molar-refractivity contribution in [2.75, 3.05) is 0 Å². The highest BCUT2D eigenvalue weighted by Crippen LogP contribution is 2.29. The number of nitrogens with two attached hydrogens (primary N) is 1. The monoisotopic (exact) mass is 235 g/mol. The Morgan fingerprint density at radius 3 is 2.06 bits per heavy atom. The number of phenols is 2. The van der Waals surface area contributed by atoms with Gasteiger partial charge in [-0.25, -0.2) is 0 Å². The topological polar surface area (TPSA) is 66.5 Å². The number of aromatic hydroxyl groups is 2. The molecule has 16 heavy (non-hydrogen) atoms. The number of phenolic OH excluding ortho intramolecular Hbond substituents is 2. The molecule has 0 spiro atoms. The third-order valence-corrected chi connectivity index (χ3v) is 2.09. The zero-order valence-electron chi connectivity index (χ0n) is 8.33. The number of hydrogen-bond acceptors (Lipinski definition) is 3. The van der Waals surface area contributed by atoms with E-state index >= 15 is 0 Å². The highest BCUT2D eigenvalue weighted by atomic mass is 19.4. The molecule has 0 radical (unpaired) electrons. The molecule has 0 aliphatic heterocycles. The van der Waals surface area contributed by atoms with Gasteiger partial charge in [-0.1, -0.05) is 0 Å². The molecule has 0 aliphatic rings. The van der Waals surface area contributed by atoms with Crippen molar-refractivity contribution in [2.24, 2.45) is 5.73 Å². The second kappa shape index (κ2) is 4.61. The van der Waals surface area contributed by atoms with E-state index < -0.39 is 18.6 Å². The zero-order valence-corrected chi connectivity index (χ0v) is 8.33. The van der Waals surface area contributed by atoms with Gasteiger partial charge >= 0.3 is 6.18 Å². The van der Waals surface area contributed by atoms with Gasteiger partial charge in [0.1, 0.15) is 11.5 Å². The third kappa shape index (κ3) is 3.98. The van der Waals surface area contributed by atoms with Crippen LogP contribution in [0, 0.1) is 0 Å². The van der Waals surface area contributed by atoms with Crippen molar-refractivity contribution in [3.63, 3.8) is 0 Å². The highest BCUT2D eigenvalue weighted by Gasteiger charge is 2.27. The molecule has 0 heterocycles. The van der Waals surface area contributed by atoms with Gasteiger partial charge in [0.05, 0.1) is 0 Å². The molecule has 90 valence electrons. The van der Waals surface area contributed by atoms with Gasteiger partial charge in [-0.2, -0.15) is 13.2 Å². The number of halogens is 3. The van der Waals surface area contributed by atoms with Gasteiger partial charge in [0.2, 0.25) is 0 Å². The van der Waals surface area contributed by atoms with E-state index in [1.165, 1.54) is 12.1 Å². The molecular weight excluding hydrogens is 223 g/mol. The van der Waals surface area contributed by atoms with Crippen molar-refractivity contribution in [1.29, 1.82) is 0 Å². The van der Waals surface area contributed by atoms with E-state index in [2.05, 4.69) is 0 Å². The number of alkyl halides is 3. The van der Waals surface area contributed by atoms with Gasteiger partial charge in [0, 0.05) is 18.5 Å². The lowest BCUT2D eigenvalue weighted by Gasteiger charge is -2.14. The number of benzene rings is 1. The summed E-state index contributed by atoms with van der Waals surface area (Å²) in [5.41, 5.74) is 5.80. The van der Waals surface area contributed by atoms with Crippen molar-refractivity contribution >= 4 is 0 Å². The molecule has 4 N–H and O–H groups in total. The maximum absolute atomic E-state index is 11.9. The molecule has 0 aromatic heterocycles. The lowest BCUT2D eigenvalue weighted by Crippen LogP contribution is -2.15. The summed E-state index contributed by atoms with van der Waals surface area (Å²) in [6.07, 6.45) is -5.53. The van der Waals surface area contributed by atoms with Crippen LogP contribution in [0.4, 0.5) is 13.2 Å². The minimum atomic E-state index is -4.25. The Kier molecular flexibility index (Phi) is 3.64. The SMILES string of the molecule is N[C@@H](CCC(F)(F)F)c1cc(O)cc(O)c1. The molecule has 1 aromatic carbocycles. The summed E-state index contributed by atoms with van der Waals surface area (Å²) in [4.78, 5) is 0. The quantitative estimate of drug-likeness (QED) is 0.753. The average molecular weight is 235 g/mol. The Balaban J connectivity index is 2.69. The van der Waals surface area contributed by atoms with E-state index in [-0.39, 0.29) is 23.5 Å². The van der Waals surface area contributed by atoms with Crippen LogP contribution < -0.4 is 5.73 Å². The Labute approximate surface area is 90.3 Å². The molecule has 0 fully saturated rings. The zero-order chi connectivity index (χ0) is 12.3. The molecule has 6 heteroatoms. The van der Waals surface area contributed by atoms with Crippen LogP contribution in [-0.2, 0) is 0 Å². The molecule has 0 aliphatic carbocycles. The largest absolute Gasteiger partial charge is 0.508 e. The van der Waals surface area contributed by atoms with Crippen LogP contribution in [0.3, 0.4) is 0 Å². The van der Waals surface area contributed by atoms with E-state index in [0.29, 0.717) is 0 Å². The predicted molar refractivity (Wildman–Crippen MR) is 52.0 cm³/mol. The Hall–Kier alpha value is -1.43. The lowest BCUT2D eigenvalue weighted by atomic mass is 10.0. The minimum absolute atomic E-state index is 0.225. The Bertz CT molecular complexity index is 345. The van der Waals surface area contributed by atoms with Gasteiger partial charge in [-0.15, -0.1) is 0 Å². The fourth-order valence-electron chi connectivity index (χ4n) is 1.32. The van der Waals surface area contributed by atoms with Crippen molar-refractivity contribution in [1.82, 2.24) is 0 Å². The van der Waals surface area contributed by atoms with Crippen LogP contribution in [0.25, 0.3) is 0 Å². The van der Waals surface area contributed by atoms with E-state index in [4.69, 9.17) is 15.9 Å². The summed E-state index contributed by atoms with van der Waals surface area (Å²) >= 11 is 0. The first-order chi connectivity index (χ1) is 7.28. The van der Waals surface area contributed by atoms with Crippen molar-refractivity contribution in [3.8, 4) is 11.5 Å². The van der Waals surface area contributed by atoms with Crippen LogP contribution in [0.15, 0.2) is 18.2 Å². The standard InChI is InChI=1S/C10H12F3NO2/c11-10(12,13)2-1-9(14)6-3-7(15)5-8(16)4-6/h3-5,9,15-16H,1-2,14H2/t9-/m0/s1. The first-order valence-electron chi connectivity index (χ1n) is 4.63. The summed E-state index contributed by atoms with van der Waals surface area (Å²) < 4.78 is 35.8. The number of rotatable bonds is 3. The van der Waals surface area contributed by atoms with Crippen molar-refractivity contribution in [2.45, 2.75) is 25.1 Å². The molecule has 0 unspecified atom stereocenters. The fourth-order valence-corrected chi connectivity index (χ4v) is 1.32. The van der Waals surface area contributed by atoms with E-state index in [0.717, 1.165) is 6.07 Å². The lowest BCUT2D eigenvalue weighted by molar-refractivity contribution is -0.136. The molecule has 0 bridgehead atoms. The molecule has 0 amide bonds. The molecular formula is C10H12F3NO2. The molecule has 1 aromatic rings. The predicted octanol–water partition coefficient (Wildman–Crippen LogP) is 2.44. The van der Waals surface area contributed by atoms with Crippen LogP contribution >= 0.6 is 0 Å². The second-order valence-electron chi connectivity index (χ2n) is 3.54.